The Morgan fingerprint density at radius 2 is 1.90 bits per heavy atom. The molecule has 0 aromatic heterocycles. The summed E-state index contributed by atoms with van der Waals surface area (Å²) < 4.78 is 0. The second-order valence-corrected chi connectivity index (χ2v) is 6.27. The Balaban J connectivity index is 1.75. The molecule has 0 bridgehead atoms. The molecule has 1 saturated carbocycles. The van der Waals surface area contributed by atoms with Crippen molar-refractivity contribution in [2.45, 2.75) is 31.1 Å². The number of hydrogen-bond acceptors (Lipinski definition) is 2. The Kier molecular flexibility index (Phi) is 5.62. The summed E-state index contributed by atoms with van der Waals surface area (Å²) in [5.41, 5.74) is 1.51. The maximum Gasteiger partial charge on any atom is 0.314 e. The minimum atomic E-state index is -0.0454. The topological polar surface area (TPSA) is 44.4 Å². The molecule has 0 atom stereocenters. The number of carbonyl (C=O) groups excluding carboxylic acids is 1. The van der Waals surface area contributed by atoms with Crippen LogP contribution in [0.3, 0.4) is 0 Å². The zero-order chi connectivity index (χ0) is 15.1. The number of hydrogen-bond donors (Lipinski definition) is 2. The lowest BCUT2D eigenvalue weighted by molar-refractivity contribution is 0.214. The molecule has 2 rings (SSSR count). The molecule has 0 unspecified atom stereocenters. The molecular weight excluding hydrogens is 262 g/mol. The molecule has 0 aliphatic heterocycles. The van der Waals surface area contributed by atoms with E-state index in [0.29, 0.717) is 0 Å². The molecule has 21 heavy (non-hydrogen) atoms. The summed E-state index contributed by atoms with van der Waals surface area (Å²) in [5, 5.41) is 5.98. The smallest absolute Gasteiger partial charge is 0.314 e. The molecule has 0 saturated heterocycles. The largest absolute Gasteiger partial charge is 0.338 e. The van der Waals surface area contributed by atoms with Gasteiger partial charge in [-0.3, -0.25) is 0 Å². The molecule has 1 fully saturated rings. The zero-order valence-corrected chi connectivity index (χ0v) is 13.2. The van der Waals surface area contributed by atoms with Gasteiger partial charge in [0, 0.05) is 18.5 Å². The first-order valence-corrected chi connectivity index (χ1v) is 7.84. The highest BCUT2D eigenvalue weighted by atomic mass is 16.2. The van der Waals surface area contributed by atoms with Crippen LogP contribution in [0.5, 0.6) is 0 Å². The monoisotopic (exact) mass is 289 g/mol. The van der Waals surface area contributed by atoms with Gasteiger partial charge >= 0.3 is 6.03 Å². The summed E-state index contributed by atoms with van der Waals surface area (Å²) in [6, 6.07) is 10.5. The zero-order valence-electron chi connectivity index (χ0n) is 13.2. The predicted octanol–water partition coefficient (Wildman–Crippen LogP) is 2.36. The highest BCUT2D eigenvalue weighted by Gasteiger charge is 2.38. The predicted molar refractivity (Wildman–Crippen MR) is 86.5 cm³/mol. The van der Waals surface area contributed by atoms with E-state index in [1.165, 1.54) is 12.0 Å². The highest BCUT2D eigenvalue weighted by molar-refractivity contribution is 5.74. The second-order valence-electron chi connectivity index (χ2n) is 6.27. The van der Waals surface area contributed by atoms with Crippen LogP contribution in [0, 0.1) is 0 Å². The van der Waals surface area contributed by atoms with Crippen LogP contribution in [-0.4, -0.2) is 44.7 Å². The molecule has 0 spiro atoms. The number of carbonyl (C=O) groups is 1. The van der Waals surface area contributed by atoms with Gasteiger partial charge in [-0.05, 0) is 45.5 Å². The summed E-state index contributed by atoms with van der Waals surface area (Å²) in [6.07, 6.45) is 4.56. The van der Waals surface area contributed by atoms with E-state index < -0.39 is 0 Å². The SMILES string of the molecule is CN(C)CCCNC(=O)NCC1(c2ccccc2)CCC1. The maximum atomic E-state index is 11.9. The van der Waals surface area contributed by atoms with Gasteiger partial charge in [0.1, 0.15) is 0 Å². The molecular formula is C17H27N3O. The van der Waals surface area contributed by atoms with Crippen molar-refractivity contribution in [1.82, 2.24) is 15.5 Å². The van der Waals surface area contributed by atoms with Crippen LogP contribution in [-0.2, 0) is 5.41 Å². The minimum Gasteiger partial charge on any atom is -0.338 e. The van der Waals surface area contributed by atoms with Crippen LogP contribution in [0.1, 0.15) is 31.2 Å². The quantitative estimate of drug-likeness (QED) is 0.757. The molecule has 4 nitrogen and oxygen atoms in total. The van der Waals surface area contributed by atoms with Crippen molar-refractivity contribution >= 4 is 6.03 Å². The van der Waals surface area contributed by atoms with E-state index in [1.54, 1.807) is 0 Å². The molecule has 1 aromatic rings. The van der Waals surface area contributed by atoms with Gasteiger partial charge in [-0.25, -0.2) is 4.79 Å². The lowest BCUT2D eigenvalue weighted by atomic mass is 9.64. The van der Waals surface area contributed by atoms with E-state index >= 15 is 0 Å². The van der Waals surface area contributed by atoms with Gasteiger partial charge in [-0.15, -0.1) is 0 Å². The lowest BCUT2D eigenvalue weighted by Gasteiger charge is -2.42. The first-order valence-electron chi connectivity index (χ1n) is 7.84. The molecule has 1 aliphatic carbocycles. The molecule has 0 heterocycles. The average Bonchev–Trinajstić information content (AvgIpc) is 2.43. The van der Waals surface area contributed by atoms with Crippen LogP contribution in [0.2, 0.25) is 0 Å². The molecule has 2 N–H and O–H groups in total. The van der Waals surface area contributed by atoms with Crippen LogP contribution in [0.4, 0.5) is 4.79 Å². The van der Waals surface area contributed by atoms with Gasteiger partial charge in [0.25, 0.3) is 0 Å². The van der Waals surface area contributed by atoms with Crippen LogP contribution >= 0.6 is 0 Å². The van der Waals surface area contributed by atoms with Gasteiger partial charge < -0.3 is 15.5 Å². The summed E-state index contributed by atoms with van der Waals surface area (Å²) >= 11 is 0. The van der Waals surface area contributed by atoms with Gasteiger partial charge in [-0.2, -0.15) is 0 Å². The Hall–Kier alpha value is -1.55. The van der Waals surface area contributed by atoms with Crippen LogP contribution in [0.15, 0.2) is 30.3 Å². The molecule has 4 heteroatoms. The van der Waals surface area contributed by atoms with Gasteiger partial charge in [0.15, 0.2) is 0 Å². The maximum absolute atomic E-state index is 11.9. The van der Waals surface area contributed by atoms with Crippen LogP contribution in [0.25, 0.3) is 0 Å². The van der Waals surface area contributed by atoms with Crippen LogP contribution < -0.4 is 10.6 Å². The van der Waals surface area contributed by atoms with E-state index in [4.69, 9.17) is 0 Å². The van der Waals surface area contributed by atoms with Crippen molar-refractivity contribution in [2.75, 3.05) is 33.7 Å². The Bertz CT molecular complexity index is 441. The second kappa shape index (κ2) is 7.46. The van der Waals surface area contributed by atoms with Crippen molar-refractivity contribution < 1.29 is 4.79 Å². The van der Waals surface area contributed by atoms with Gasteiger partial charge in [-0.1, -0.05) is 36.8 Å². The van der Waals surface area contributed by atoms with Crippen molar-refractivity contribution in [1.29, 1.82) is 0 Å². The van der Waals surface area contributed by atoms with Crippen molar-refractivity contribution in [3.8, 4) is 0 Å². The summed E-state index contributed by atoms with van der Waals surface area (Å²) in [4.78, 5) is 14.0. The Morgan fingerprint density at radius 1 is 1.19 bits per heavy atom. The lowest BCUT2D eigenvalue weighted by Crippen LogP contribution is -2.48. The normalized spacial score (nSPS) is 16.3. The fourth-order valence-corrected chi connectivity index (χ4v) is 2.87. The van der Waals surface area contributed by atoms with E-state index in [-0.39, 0.29) is 11.4 Å². The molecule has 116 valence electrons. The van der Waals surface area contributed by atoms with Crippen molar-refractivity contribution in [3.63, 3.8) is 0 Å². The third-order valence-corrected chi connectivity index (χ3v) is 4.35. The van der Waals surface area contributed by atoms with E-state index in [0.717, 1.165) is 38.9 Å². The molecule has 0 radical (unpaired) electrons. The summed E-state index contributed by atoms with van der Waals surface area (Å²) in [7, 11) is 4.08. The average molecular weight is 289 g/mol. The fraction of sp³-hybridized carbons (Fsp3) is 0.588. The van der Waals surface area contributed by atoms with Gasteiger partial charge in [0.05, 0.1) is 0 Å². The number of rotatable bonds is 7. The highest BCUT2D eigenvalue weighted by Crippen LogP contribution is 2.43. The van der Waals surface area contributed by atoms with Crippen molar-refractivity contribution in [2.24, 2.45) is 0 Å². The third-order valence-electron chi connectivity index (χ3n) is 4.35. The number of nitrogens with zero attached hydrogens (tertiary/aromatic N) is 1. The van der Waals surface area contributed by atoms with Crippen molar-refractivity contribution in [3.05, 3.63) is 35.9 Å². The molecule has 1 aromatic carbocycles. The van der Waals surface area contributed by atoms with Gasteiger partial charge in [0.2, 0.25) is 0 Å². The molecule has 1 aliphatic rings. The first kappa shape index (κ1) is 15.8. The number of nitrogens with one attached hydrogen (secondary N) is 2. The Labute approximate surface area is 127 Å². The van der Waals surface area contributed by atoms with E-state index in [2.05, 4.69) is 39.8 Å². The number of amides is 2. The fourth-order valence-electron chi connectivity index (χ4n) is 2.87. The Morgan fingerprint density at radius 3 is 2.48 bits per heavy atom. The number of urea groups is 1. The van der Waals surface area contributed by atoms with E-state index in [1.807, 2.05) is 20.2 Å². The minimum absolute atomic E-state index is 0.0454. The molecule has 2 amide bonds. The summed E-state index contributed by atoms with van der Waals surface area (Å²) in [6.45, 7) is 2.45. The first-order chi connectivity index (χ1) is 10.1. The summed E-state index contributed by atoms with van der Waals surface area (Å²) in [5.74, 6) is 0. The standard InChI is InChI=1S/C17H27N3O/c1-20(2)13-7-12-18-16(21)19-14-17(10-6-11-17)15-8-4-3-5-9-15/h3-5,8-9H,6-7,10-14H2,1-2H3,(H2,18,19,21). The third kappa shape index (κ3) is 4.46. The number of benzene rings is 1. The van der Waals surface area contributed by atoms with E-state index in [9.17, 15) is 4.79 Å².